The van der Waals surface area contributed by atoms with E-state index >= 15 is 0 Å². The van der Waals surface area contributed by atoms with Crippen LogP contribution < -0.4 is 54.4 Å². The van der Waals surface area contributed by atoms with Crippen LogP contribution in [-0.2, 0) is 52.7 Å². The second-order valence-corrected chi connectivity index (χ2v) is 12.0. The Hall–Kier alpha value is -5.91. The molecule has 304 valence electrons. The first-order valence-corrected chi connectivity index (χ1v) is 16.6. The lowest BCUT2D eigenvalue weighted by Crippen LogP contribution is -2.57. The first-order valence-electron chi connectivity index (χ1n) is 16.6. The van der Waals surface area contributed by atoms with Crippen molar-refractivity contribution in [2.75, 3.05) is 19.6 Å². The van der Waals surface area contributed by atoms with Crippen molar-refractivity contribution in [1.29, 1.82) is 0 Å². The smallest absolute Gasteiger partial charge is 0.326 e. The highest BCUT2D eigenvalue weighted by molar-refractivity contribution is 5.96. The molecule has 0 bridgehead atoms. The predicted octanol–water partition coefficient (Wildman–Crippen LogP) is -6.17. The van der Waals surface area contributed by atoms with Crippen LogP contribution in [0.3, 0.4) is 0 Å². The molecule has 6 atom stereocenters. The molecule has 8 amide bonds. The summed E-state index contributed by atoms with van der Waals surface area (Å²) in [5, 5.41) is 42.9. The van der Waals surface area contributed by atoms with Crippen molar-refractivity contribution in [2.24, 2.45) is 17.2 Å². The fourth-order valence-electron chi connectivity index (χ4n) is 4.27. The number of aliphatic carboxylic acids is 3. The van der Waals surface area contributed by atoms with E-state index in [9.17, 15) is 57.8 Å². The highest BCUT2D eigenvalue weighted by Crippen LogP contribution is 2.06. The minimum Gasteiger partial charge on any atom is -0.481 e. The van der Waals surface area contributed by atoms with Crippen molar-refractivity contribution in [3.05, 3.63) is 0 Å². The van der Waals surface area contributed by atoms with Crippen LogP contribution in [0.5, 0.6) is 0 Å². The van der Waals surface area contributed by atoms with E-state index in [2.05, 4.69) is 37.2 Å². The van der Waals surface area contributed by atoms with Crippen LogP contribution >= 0.6 is 0 Å². The van der Waals surface area contributed by atoms with E-state index in [-0.39, 0.29) is 25.8 Å². The SMILES string of the molecule is C[C@H](NC(=O)CNC(=O)CNC(=O)[C@H](C)NC(=O)[C@H](CCCCN)NC(=O)[C@H](CCC(=O)O)NC(=O)[C@@H](N)CC(=O)O)C(=O)N[C@@H](CCC(N)=O)C(=O)O. The van der Waals surface area contributed by atoms with Gasteiger partial charge in [-0.1, -0.05) is 0 Å². The molecule has 24 heteroatoms. The van der Waals surface area contributed by atoms with E-state index in [1.54, 1.807) is 0 Å². The highest BCUT2D eigenvalue weighted by atomic mass is 16.4. The maximum Gasteiger partial charge on any atom is 0.326 e. The zero-order valence-corrected chi connectivity index (χ0v) is 29.8. The molecule has 0 spiro atoms. The summed E-state index contributed by atoms with van der Waals surface area (Å²) in [5.41, 5.74) is 16.0. The quantitative estimate of drug-likeness (QED) is 0.0345. The fraction of sp³-hybridized carbons (Fsp3) is 0.633. The Balaban J connectivity index is 5.21. The van der Waals surface area contributed by atoms with Crippen molar-refractivity contribution >= 4 is 65.2 Å². The summed E-state index contributed by atoms with van der Waals surface area (Å²) in [7, 11) is 0. The summed E-state index contributed by atoms with van der Waals surface area (Å²) in [6.07, 6.45) is -1.63. The van der Waals surface area contributed by atoms with Crippen LogP contribution in [0.2, 0.25) is 0 Å². The number of hydrogen-bond donors (Lipinski definition) is 13. The number of carboxylic acids is 3. The van der Waals surface area contributed by atoms with Crippen LogP contribution in [0, 0.1) is 0 Å². The van der Waals surface area contributed by atoms with Crippen LogP contribution in [-0.4, -0.2) is 136 Å². The number of carboxylic acid groups (broad SMARTS) is 3. The summed E-state index contributed by atoms with van der Waals surface area (Å²) in [5.74, 6) is -11.3. The molecule has 54 heavy (non-hydrogen) atoms. The van der Waals surface area contributed by atoms with Crippen molar-refractivity contribution in [1.82, 2.24) is 37.2 Å². The molecule has 16 N–H and O–H groups in total. The molecule has 0 heterocycles. The number of unbranched alkanes of at least 4 members (excludes halogenated alkanes) is 1. The average Bonchev–Trinajstić information content (AvgIpc) is 3.08. The Bertz CT molecular complexity index is 1390. The van der Waals surface area contributed by atoms with Crippen molar-refractivity contribution < 1.29 is 68.1 Å². The van der Waals surface area contributed by atoms with E-state index in [0.29, 0.717) is 12.8 Å². The molecule has 0 aromatic heterocycles. The van der Waals surface area contributed by atoms with Crippen LogP contribution in [0.1, 0.15) is 65.2 Å². The lowest BCUT2D eigenvalue weighted by molar-refractivity contribution is -0.142. The van der Waals surface area contributed by atoms with Gasteiger partial charge in [0.15, 0.2) is 0 Å². The van der Waals surface area contributed by atoms with Gasteiger partial charge in [-0.05, 0) is 52.5 Å². The number of carbonyl (C=O) groups is 11. The summed E-state index contributed by atoms with van der Waals surface area (Å²) in [4.78, 5) is 132. The van der Waals surface area contributed by atoms with E-state index in [1.165, 1.54) is 13.8 Å². The summed E-state index contributed by atoms with van der Waals surface area (Å²) < 4.78 is 0. The topological polar surface area (TPSA) is 411 Å². The van der Waals surface area contributed by atoms with Gasteiger partial charge < -0.3 is 69.7 Å². The number of hydrogen-bond acceptors (Lipinski definition) is 13. The van der Waals surface area contributed by atoms with Crippen molar-refractivity contribution in [3.8, 4) is 0 Å². The van der Waals surface area contributed by atoms with Crippen LogP contribution in [0.4, 0.5) is 0 Å². The predicted molar refractivity (Wildman–Crippen MR) is 183 cm³/mol. The van der Waals surface area contributed by atoms with E-state index in [0.717, 1.165) is 0 Å². The molecule has 0 aromatic carbocycles. The van der Waals surface area contributed by atoms with E-state index in [1.807, 2.05) is 0 Å². The third-order valence-electron chi connectivity index (χ3n) is 7.28. The normalized spacial score (nSPS) is 13.9. The van der Waals surface area contributed by atoms with Gasteiger partial charge in [-0.25, -0.2) is 4.79 Å². The molecule has 0 radical (unpaired) electrons. The molecule has 0 unspecified atom stereocenters. The standard InChI is InChI=1S/C30H50N10O14/c1-14(25(48)35-12-21(42)34-13-22(43)36-15(2)26(49)40-19(30(53)54)6-8-20(33)41)37-28(51)17(5-3-4-10-31)39-29(52)18(7-9-23(44)45)38-27(50)16(32)11-24(46)47/h14-19H,3-13,31-32H2,1-2H3,(H2,33,41)(H,34,42)(H,35,48)(H,36,43)(H,37,51)(H,38,50)(H,39,52)(H,40,49)(H,44,45)(H,46,47)(H,53,54)/t14-,15-,16-,17-,18-,19-/m0/s1. The summed E-state index contributed by atoms with van der Waals surface area (Å²) >= 11 is 0. The molecule has 0 saturated heterocycles. The second-order valence-electron chi connectivity index (χ2n) is 12.0. The first kappa shape index (κ1) is 48.1. The molecule has 0 saturated carbocycles. The number of nitrogens with one attached hydrogen (secondary N) is 7. The minimum absolute atomic E-state index is 0.00141. The largest absolute Gasteiger partial charge is 0.481 e. The van der Waals surface area contributed by atoms with Gasteiger partial charge in [-0.15, -0.1) is 0 Å². The Labute approximate surface area is 308 Å². The molecule has 0 aliphatic rings. The maximum absolute atomic E-state index is 13.1. The van der Waals surface area contributed by atoms with Crippen LogP contribution in [0.15, 0.2) is 0 Å². The maximum atomic E-state index is 13.1. The number of primary amides is 1. The Morgan fingerprint density at radius 2 is 1.07 bits per heavy atom. The molecular weight excluding hydrogens is 724 g/mol. The molecular formula is C30H50N10O14. The molecule has 0 rings (SSSR count). The molecule has 0 aliphatic heterocycles. The van der Waals surface area contributed by atoms with Gasteiger partial charge in [0.2, 0.25) is 47.3 Å². The Morgan fingerprint density at radius 1 is 0.556 bits per heavy atom. The highest BCUT2D eigenvalue weighted by Gasteiger charge is 2.30. The van der Waals surface area contributed by atoms with Gasteiger partial charge >= 0.3 is 17.9 Å². The number of amides is 8. The molecule has 0 aromatic rings. The first-order chi connectivity index (χ1) is 25.2. The number of rotatable bonds is 27. The Morgan fingerprint density at radius 3 is 1.63 bits per heavy atom. The zero-order chi connectivity index (χ0) is 41.5. The monoisotopic (exact) mass is 774 g/mol. The van der Waals surface area contributed by atoms with E-state index in [4.69, 9.17) is 27.4 Å². The van der Waals surface area contributed by atoms with Crippen LogP contribution in [0.25, 0.3) is 0 Å². The van der Waals surface area contributed by atoms with E-state index < -0.39 is 134 Å². The molecule has 0 fully saturated rings. The molecule has 24 nitrogen and oxygen atoms in total. The van der Waals surface area contributed by atoms with Crippen molar-refractivity contribution in [2.45, 2.75) is 101 Å². The second kappa shape index (κ2) is 25.1. The number of nitrogens with two attached hydrogens (primary N) is 3. The lowest BCUT2D eigenvalue weighted by atomic mass is 10.1. The van der Waals surface area contributed by atoms with Gasteiger partial charge in [0.05, 0.1) is 25.6 Å². The third-order valence-corrected chi connectivity index (χ3v) is 7.28. The zero-order valence-electron chi connectivity index (χ0n) is 29.8. The van der Waals surface area contributed by atoms with Crippen molar-refractivity contribution in [3.63, 3.8) is 0 Å². The third kappa shape index (κ3) is 20.8. The van der Waals surface area contributed by atoms with Gasteiger partial charge in [-0.3, -0.25) is 47.9 Å². The van der Waals surface area contributed by atoms with Gasteiger partial charge in [0, 0.05) is 12.8 Å². The minimum atomic E-state index is -1.56. The van der Waals surface area contributed by atoms with Gasteiger partial charge in [-0.2, -0.15) is 0 Å². The number of carbonyl (C=O) groups excluding carboxylic acids is 8. The summed E-state index contributed by atoms with van der Waals surface area (Å²) in [6, 6.07) is -8.36. The lowest BCUT2D eigenvalue weighted by Gasteiger charge is -2.25. The summed E-state index contributed by atoms with van der Waals surface area (Å²) in [6.45, 7) is 1.43. The van der Waals surface area contributed by atoms with Gasteiger partial charge in [0.25, 0.3) is 0 Å². The average molecular weight is 775 g/mol. The molecule has 0 aliphatic carbocycles. The Kier molecular flexibility index (Phi) is 22.4. The fourth-order valence-corrected chi connectivity index (χ4v) is 4.27. The van der Waals surface area contributed by atoms with Gasteiger partial charge in [0.1, 0.15) is 30.2 Å².